The maximum atomic E-state index is 12.7. The molecular weight excluding hydrogens is 398 g/mol. The first kappa shape index (κ1) is 20.7. The van der Waals surface area contributed by atoms with Crippen LogP contribution in [0.25, 0.3) is 11.4 Å². The summed E-state index contributed by atoms with van der Waals surface area (Å²) < 4.78 is 1.99. The van der Waals surface area contributed by atoms with Gasteiger partial charge in [0.25, 0.3) is 0 Å². The van der Waals surface area contributed by atoms with E-state index in [9.17, 15) is 9.59 Å². The van der Waals surface area contributed by atoms with Crippen LogP contribution in [0.5, 0.6) is 0 Å². The number of hydrogen-bond acceptors (Lipinski definition) is 5. The third-order valence-corrected chi connectivity index (χ3v) is 6.45. The number of allylic oxidation sites excluding steroid dienone is 1. The van der Waals surface area contributed by atoms with Crippen LogP contribution in [0.3, 0.4) is 0 Å². The molecule has 0 spiro atoms. The lowest BCUT2D eigenvalue weighted by Crippen LogP contribution is -2.51. The molecule has 1 saturated carbocycles. The van der Waals surface area contributed by atoms with E-state index in [4.69, 9.17) is 0 Å². The molecule has 1 aliphatic carbocycles. The third-order valence-electron chi connectivity index (χ3n) is 5.50. The number of rotatable bonds is 7. The lowest BCUT2D eigenvalue weighted by atomic mass is 10.1. The molecule has 4 rings (SSSR count). The van der Waals surface area contributed by atoms with Crippen LogP contribution in [0.1, 0.15) is 18.4 Å². The summed E-state index contributed by atoms with van der Waals surface area (Å²) in [4.78, 5) is 28.6. The maximum Gasteiger partial charge on any atom is 0.233 e. The highest BCUT2D eigenvalue weighted by atomic mass is 32.2. The first-order valence-corrected chi connectivity index (χ1v) is 11.4. The first-order chi connectivity index (χ1) is 14.6. The van der Waals surface area contributed by atoms with Crippen molar-refractivity contribution in [2.24, 2.45) is 5.92 Å². The average molecular weight is 426 g/mol. The summed E-state index contributed by atoms with van der Waals surface area (Å²) in [6.45, 7) is 8.94. The number of hydrogen-bond donors (Lipinski definition) is 0. The Bertz CT molecular complexity index is 945. The number of amides is 2. The monoisotopic (exact) mass is 425 g/mol. The van der Waals surface area contributed by atoms with Gasteiger partial charge in [0, 0.05) is 44.2 Å². The van der Waals surface area contributed by atoms with Crippen LogP contribution in [0, 0.1) is 12.8 Å². The fourth-order valence-electron chi connectivity index (χ4n) is 3.67. The van der Waals surface area contributed by atoms with Crippen LogP contribution in [0.2, 0.25) is 0 Å². The van der Waals surface area contributed by atoms with Gasteiger partial charge < -0.3 is 9.80 Å². The molecule has 158 valence electrons. The molecule has 0 atom stereocenters. The molecule has 1 aromatic carbocycles. The number of benzene rings is 1. The van der Waals surface area contributed by atoms with Gasteiger partial charge >= 0.3 is 0 Å². The summed E-state index contributed by atoms with van der Waals surface area (Å²) in [7, 11) is 0. The fourth-order valence-corrected chi connectivity index (χ4v) is 4.52. The molecule has 2 aliphatic rings. The normalized spacial score (nSPS) is 16.6. The van der Waals surface area contributed by atoms with E-state index >= 15 is 0 Å². The Kier molecular flexibility index (Phi) is 6.22. The van der Waals surface area contributed by atoms with E-state index in [2.05, 4.69) is 22.8 Å². The number of aryl methyl sites for hydroxylation is 1. The van der Waals surface area contributed by atoms with Gasteiger partial charge in [0.2, 0.25) is 11.8 Å². The summed E-state index contributed by atoms with van der Waals surface area (Å²) in [5, 5.41) is 9.40. The van der Waals surface area contributed by atoms with Gasteiger partial charge in [-0.2, -0.15) is 0 Å². The molecule has 1 saturated heterocycles. The average Bonchev–Trinajstić information content (AvgIpc) is 3.53. The molecule has 2 fully saturated rings. The number of piperazine rings is 1. The van der Waals surface area contributed by atoms with Crippen molar-refractivity contribution in [2.75, 3.05) is 31.9 Å². The largest absolute Gasteiger partial charge is 0.339 e. The Morgan fingerprint density at radius 1 is 1.17 bits per heavy atom. The van der Waals surface area contributed by atoms with E-state index in [1.807, 2.05) is 45.6 Å². The molecule has 2 heterocycles. The summed E-state index contributed by atoms with van der Waals surface area (Å²) in [6.07, 6.45) is 3.85. The first-order valence-electron chi connectivity index (χ1n) is 10.4. The summed E-state index contributed by atoms with van der Waals surface area (Å²) in [6, 6.07) is 8.13. The highest BCUT2D eigenvalue weighted by Crippen LogP contribution is 2.31. The van der Waals surface area contributed by atoms with Gasteiger partial charge in [-0.3, -0.25) is 14.2 Å². The molecule has 1 aromatic heterocycles. The minimum atomic E-state index is 0.0729. The van der Waals surface area contributed by atoms with Crippen LogP contribution in [-0.2, 0) is 16.1 Å². The summed E-state index contributed by atoms with van der Waals surface area (Å²) in [5.74, 6) is 1.66. The van der Waals surface area contributed by atoms with Crippen molar-refractivity contribution < 1.29 is 9.59 Å². The molecule has 1 aliphatic heterocycles. The van der Waals surface area contributed by atoms with Gasteiger partial charge in [0.15, 0.2) is 11.0 Å². The number of nitrogens with zero attached hydrogens (tertiary/aromatic N) is 5. The zero-order chi connectivity index (χ0) is 21.1. The van der Waals surface area contributed by atoms with Gasteiger partial charge in [-0.25, -0.2) is 0 Å². The van der Waals surface area contributed by atoms with Crippen LogP contribution < -0.4 is 0 Å². The lowest BCUT2D eigenvalue weighted by molar-refractivity contribution is -0.139. The topological polar surface area (TPSA) is 71.3 Å². The van der Waals surface area contributed by atoms with E-state index in [0.717, 1.165) is 29.8 Å². The summed E-state index contributed by atoms with van der Waals surface area (Å²) >= 11 is 1.40. The fraction of sp³-hybridized carbons (Fsp3) is 0.455. The standard InChI is InChI=1S/C22H27N5O2S/c1-3-9-27-20(18-6-4-5-16(2)14-18)23-24-22(27)30-15-19(28)25-10-12-26(13-11-25)21(29)17-7-8-17/h3-6,14,17H,1,7-13,15H2,2H3. The van der Waals surface area contributed by atoms with Crippen LogP contribution in [-0.4, -0.2) is 68.3 Å². The zero-order valence-electron chi connectivity index (χ0n) is 17.3. The molecule has 8 heteroatoms. The Morgan fingerprint density at radius 2 is 1.90 bits per heavy atom. The van der Waals surface area contributed by atoms with E-state index in [1.165, 1.54) is 11.8 Å². The second-order valence-corrected chi connectivity index (χ2v) is 8.79. The van der Waals surface area contributed by atoms with Crippen molar-refractivity contribution in [1.29, 1.82) is 0 Å². The van der Waals surface area contributed by atoms with Crippen molar-refractivity contribution >= 4 is 23.6 Å². The molecule has 7 nitrogen and oxygen atoms in total. The van der Waals surface area contributed by atoms with Gasteiger partial charge in [-0.05, 0) is 25.8 Å². The molecule has 2 amide bonds. The quantitative estimate of drug-likeness (QED) is 0.504. The van der Waals surface area contributed by atoms with E-state index < -0.39 is 0 Å². The summed E-state index contributed by atoms with van der Waals surface area (Å²) in [5.41, 5.74) is 2.16. The second-order valence-electron chi connectivity index (χ2n) is 7.84. The van der Waals surface area contributed by atoms with Crippen molar-refractivity contribution in [3.05, 3.63) is 42.5 Å². The van der Waals surface area contributed by atoms with Crippen molar-refractivity contribution in [3.63, 3.8) is 0 Å². The van der Waals surface area contributed by atoms with Gasteiger partial charge in [0.05, 0.1) is 5.75 Å². The molecule has 0 bridgehead atoms. The van der Waals surface area contributed by atoms with E-state index in [1.54, 1.807) is 0 Å². The predicted octanol–water partition coefficient (Wildman–Crippen LogP) is 2.61. The van der Waals surface area contributed by atoms with E-state index in [0.29, 0.717) is 43.6 Å². The van der Waals surface area contributed by atoms with E-state index in [-0.39, 0.29) is 17.7 Å². The van der Waals surface area contributed by atoms with Gasteiger partial charge in [-0.15, -0.1) is 16.8 Å². The van der Waals surface area contributed by atoms with Crippen LogP contribution in [0.15, 0.2) is 42.1 Å². The molecule has 0 radical (unpaired) electrons. The third kappa shape index (κ3) is 4.59. The highest BCUT2D eigenvalue weighted by Gasteiger charge is 2.35. The number of carbonyl (C=O) groups excluding carboxylic acids is 2. The van der Waals surface area contributed by atoms with Crippen LogP contribution >= 0.6 is 11.8 Å². The highest BCUT2D eigenvalue weighted by molar-refractivity contribution is 7.99. The van der Waals surface area contributed by atoms with Crippen molar-refractivity contribution in [3.8, 4) is 11.4 Å². The lowest BCUT2D eigenvalue weighted by Gasteiger charge is -2.34. The predicted molar refractivity (Wildman–Crippen MR) is 117 cm³/mol. The Hall–Kier alpha value is -2.61. The minimum Gasteiger partial charge on any atom is -0.339 e. The molecule has 0 N–H and O–H groups in total. The molecular formula is C22H27N5O2S. The number of thioether (sulfide) groups is 1. The SMILES string of the molecule is C=CCn1c(SCC(=O)N2CCN(C(=O)C3CC3)CC2)nnc1-c1cccc(C)c1. The second kappa shape index (κ2) is 9.04. The smallest absolute Gasteiger partial charge is 0.233 e. The molecule has 0 unspecified atom stereocenters. The maximum absolute atomic E-state index is 12.7. The Morgan fingerprint density at radius 3 is 2.57 bits per heavy atom. The van der Waals surface area contributed by atoms with Crippen LogP contribution in [0.4, 0.5) is 0 Å². The Labute approximate surface area is 181 Å². The van der Waals surface area contributed by atoms with Gasteiger partial charge in [0.1, 0.15) is 0 Å². The number of carbonyl (C=O) groups is 2. The van der Waals surface area contributed by atoms with Crippen molar-refractivity contribution in [1.82, 2.24) is 24.6 Å². The minimum absolute atomic E-state index is 0.0729. The Balaban J connectivity index is 1.37. The molecule has 2 aromatic rings. The zero-order valence-corrected chi connectivity index (χ0v) is 18.1. The van der Waals surface area contributed by atoms with Crippen molar-refractivity contribution in [2.45, 2.75) is 31.5 Å². The van der Waals surface area contributed by atoms with Gasteiger partial charge in [-0.1, -0.05) is 41.6 Å². The molecule has 30 heavy (non-hydrogen) atoms. The number of aromatic nitrogens is 3.